The van der Waals surface area contributed by atoms with Gasteiger partial charge in [-0.15, -0.1) is 0 Å². The summed E-state index contributed by atoms with van der Waals surface area (Å²) in [6.07, 6.45) is 3.84. The highest BCUT2D eigenvalue weighted by molar-refractivity contribution is 5.76. The molecule has 22 heavy (non-hydrogen) atoms. The third-order valence-corrected chi connectivity index (χ3v) is 4.45. The molecular formula is C19H30N2O. The predicted molar refractivity (Wildman–Crippen MR) is 92.1 cm³/mol. The maximum absolute atomic E-state index is 12.0. The molecule has 1 heterocycles. The van der Waals surface area contributed by atoms with Crippen LogP contribution >= 0.6 is 0 Å². The molecule has 1 atom stereocenters. The Morgan fingerprint density at radius 3 is 2.59 bits per heavy atom. The minimum Gasteiger partial charge on any atom is -0.356 e. The monoisotopic (exact) mass is 302 g/mol. The largest absolute Gasteiger partial charge is 0.356 e. The van der Waals surface area contributed by atoms with E-state index >= 15 is 0 Å². The van der Waals surface area contributed by atoms with Crippen LogP contribution in [0.25, 0.3) is 0 Å². The van der Waals surface area contributed by atoms with Gasteiger partial charge in [0.05, 0.1) is 0 Å². The lowest BCUT2D eigenvalue weighted by atomic mass is 9.86. The smallest absolute Gasteiger partial charge is 0.220 e. The summed E-state index contributed by atoms with van der Waals surface area (Å²) in [4.78, 5) is 12.0. The number of rotatable bonds is 5. The maximum atomic E-state index is 12.0. The molecule has 1 unspecified atom stereocenters. The molecule has 1 aliphatic rings. The second-order valence-electron chi connectivity index (χ2n) is 7.46. The maximum Gasteiger partial charge on any atom is 0.220 e. The van der Waals surface area contributed by atoms with Crippen molar-refractivity contribution < 1.29 is 4.79 Å². The fourth-order valence-corrected chi connectivity index (χ4v) is 2.87. The summed E-state index contributed by atoms with van der Waals surface area (Å²) in [6.45, 7) is 9.62. The van der Waals surface area contributed by atoms with Crippen molar-refractivity contribution in [2.24, 2.45) is 5.92 Å². The Hall–Kier alpha value is -1.35. The summed E-state index contributed by atoms with van der Waals surface area (Å²) in [5.74, 6) is 0.772. The highest BCUT2D eigenvalue weighted by Gasteiger charge is 2.14. The van der Waals surface area contributed by atoms with Gasteiger partial charge in [-0.05, 0) is 54.8 Å². The van der Waals surface area contributed by atoms with E-state index in [1.807, 2.05) is 0 Å². The Morgan fingerprint density at radius 2 is 2.00 bits per heavy atom. The van der Waals surface area contributed by atoms with Gasteiger partial charge >= 0.3 is 0 Å². The second-order valence-corrected chi connectivity index (χ2v) is 7.46. The SMILES string of the molecule is CC(C)(C)c1ccc(CCC(=O)NCC2CCCNC2)cc1. The van der Waals surface area contributed by atoms with Gasteiger partial charge in [0.25, 0.3) is 0 Å². The molecule has 2 rings (SSSR count). The van der Waals surface area contributed by atoms with Gasteiger partial charge in [0.15, 0.2) is 0 Å². The van der Waals surface area contributed by atoms with Gasteiger partial charge in [0, 0.05) is 13.0 Å². The van der Waals surface area contributed by atoms with Gasteiger partial charge in [0.1, 0.15) is 0 Å². The predicted octanol–water partition coefficient (Wildman–Crippen LogP) is 3.03. The average molecular weight is 302 g/mol. The zero-order valence-corrected chi connectivity index (χ0v) is 14.2. The molecule has 0 aromatic heterocycles. The number of carbonyl (C=O) groups excluding carboxylic acids is 1. The van der Waals surface area contributed by atoms with Crippen molar-refractivity contribution in [3.8, 4) is 0 Å². The second kappa shape index (κ2) is 7.77. The third kappa shape index (κ3) is 5.45. The molecule has 1 aromatic rings. The summed E-state index contributed by atoms with van der Waals surface area (Å²) >= 11 is 0. The molecule has 0 aliphatic carbocycles. The van der Waals surface area contributed by atoms with Crippen molar-refractivity contribution in [1.82, 2.24) is 10.6 Å². The summed E-state index contributed by atoms with van der Waals surface area (Å²) in [6, 6.07) is 8.67. The highest BCUT2D eigenvalue weighted by Crippen LogP contribution is 2.22. The van der Waals surface area contributed by atoms with E-state index in [1.54, 1.807) is 0 Å². The minimum atomic E-state index is 0.172. The molecule has 1 amide bonds. The van der Waals surface area contributed by atoms with Crippen LogP contribution in [0.4, 0.5) is 0 Å². The van der Waals surface area contributed by atoms with Gasteiger partial charge in [-0.25, -0.2) is 0 Å². The van der Waals surface area contributed by atoms with Crippen LogP contribution < -0.4 is 10.6 Å². The molecule has 1 saturated heterocycles. The quantitative estimate of drug-likeness (QED) is 0.878. The number of amides is 1. The summed E-state index contributed by atoms with van der Waals surface area (Å²) in [5, 5.41) is 6.46. The van der Waals surface area contributed by atoms with E-state index < -0.39 is 0 Å². The Balaban J connectivity index is 1.71. The van der Waals surface area contributed by atoms with E-state index in [2.05, 4.69) is 55.7 Å². The van der Waals surface area contributed by atoms with Gasteiger partial charge in [0.2, 0.25) is 5.91 Å². The zero-order chi connectivity index (χ0) is 16.0. The minimum absolute atomic E-state index is 0.172. The van der Waals surface area contributed by atoms with Crippen LogP contribution in [0.3, 0.4) is 0 Å². The van der Waals surface area contributed by atoms with E-state index in [0.29, 0.717) is 12.3 Å². The number of piperidine rings is 1. The molecule has 122 valence electrons. The molecule has 0 radical (unpaired) electrons. The Morgan fingerprint density at radius 1 is 1.27 bits per heavy atom. The number of aryl methyl sites for hydroxylation is 1. The van der Waals surface area contributed by atoms with Gasteiger partial charge in [-0.2, -0.15) is 0 Å². The first-order valence-electron chi connectivity index (χ1n) is 8.52. The molecule has 3 heteroatoms. The van der Waals surface area contributed by atoms with Crippen molar-refractivity contribution >= 4 is 5.91 Å². The third-order valence-electron chi connectivity index (χ3n) is 4.45. The summed E-state index contributed by atoms with van der Waals surface area (Å²) in [5.41, 5.74) is 2.76. The molecule has 0 saturated carbocycles. The molecule has 0 bridgehead atoms. The number of hydrogen-bond acceptors (Lipinski definition) is 2. The first kappa shape index (κ1) is 17.0. The molecule has 3 nitrogen and oxygen atoms in total. The molecular weight excluding hydrogens is 272 g/mol. The Bertz CT molecular complexity index is 467. The van der Waals surface area contributed by atoms with Crippen LogP contribution in [0.5, 0.6) is 0 Å². The van der Waals surface area contributed by atoms with Crippen molar-refractivity contribution in [2.45, 2.75) is 51.9 Å². The Labute approximate surface area is 134 Å². The van der Waals surface area contributed by atoms with E-state index in [1.165, 1.54) is 24.0 Å². The average Bonchev–Trinajstić information content (AvgIpc) is 2.51. The zero-order valence-electron chi connectivity index (χ0n) is 14.2. The van der Waals surface area contributed by atoms with Crippen molar-refractivity contribution in [3.63, 3.8) is 0 Å². The number of benzene rings is 1. The molecule has 1 aliphatic heterocycles. The van der Waals surface area contributed by atoms with Crippen LogP contribution in [0.1, 0.15) is 51.2 Å². The topological polar surface area (TPSA) is 41.1 Å². The molecule has 0 spiro atoms. The summed E-state index contributed by atoms with van der Waals surface area (Å²) < 4.78 is 0. The van der Waals surface area contributed by atoms with Gasteiger partial charge in [-0.1, -0.05) is 45.0 Å². The lowest BCUT2D eigenvalue weighted by Crippen LogP contribution is -2.38. The normalized spacial score (nSPS) is 19.0. The van der Waals surface area contributed by atoms with Crippen molar-refractivity contribution in [3.05, 3.63) is 35.4 Å². The highest BCUT2D eigenvalue weighted by atomic mass is 16.1. The molecule has 1 fully saturated rings. The lowest BCUT2D eigenvalue weighted by Gasteiger charge is -2.22. The van der Waals surface area contributed by atoms with Crippen LogP contribution in [-0.2, 0) is 16.6 Å². The first-order chi connectivity index (χ1) is 10.4. The van der Waals surface area contributed by atoms with Crippen LogP contribution in [0.15, 0.2) is 24.3 Å². The fraction of sp³-hybridized carbons (Fsp3) is 0.632. The van der Waals surface area contributed by atoms with Crippen LogP contribution in [0, 0.1) is 5.92 Å². The van der Waals surface area contributed by atoms with Crippen LogP contribution in [0.2, 0.25) is 0 Å². The lowest BCUT2D eigenvalue weighted by molar-refractivity contribution is -0.121. The van der Waals surface area contributed by atoms with E-state index in [4.69, 9.17) is 0 Å². The van der Waals surface area contributed by atoms with E-state index in [-0.39, 0.29) is 11.3 Å². The van der Waals surface area contributed by atoms with Gasteiger partial charge in [-0.3, -0.25) is 4.79 Å². The van der Waals surface area contributed by atoms with E-state index in [0.717, 1.165) is 26.1 Å². The fourth-order valence-electron chi connectivity index (χ4n) is 2.87. The van der Waals surface area contributed by atoms with E-state index in [9.17, 15) is 4.79 Å². The number of carbonyl (C=O) groups is 1. The van der Waals surface area contributed by atoms with Crippen molar-refractivity contribution in [1.29, 1.82) is 0 Å². The standard InChI is InChI=1S/C19H30N2O/c1-19(2,3)17-9-6-15(7-10-17)8-11-18(22)21-14-16-5-4-12-20-13-16/h6-7,9-10,16,20H,4-5,8,11-14H2,1-3H3,(H,21,22). The Kier molecular flexibility index (Phi) is 6.01. The summed E-state index contributed by atoms with van der Waals surface area (Å²) in [7, 11) is 0. The number of nitrogens with one attached hydrogen (secondary N) is 2. The van der Waals surface area contributed by atoms with Crippen LogP contribution in [-0.4, -0.2) is 25.5 Å². The molecule has 2 N–H and O–H groups in total. The van der Waals surface area contributed by atoms with Gasteiger partial charge < -0.3 is 10.6 Å². The number of hydrogen-bond donors (Lipinski definition) is 2. The first-order valence-corrected chi connectivity index (χ1v) is 8.52. The van der Waals surface area contributed by atoms with Crippen molar-refractivity contribution in [2.75, 3.05) is 19.6 Å². The molecule has 1 aromatic carbocycles.